The minimum absolute atomic E-state index is 0.0425. The first-order chi connectivity index (χ1) is 15.4. The van der Waals surface area contributed by atoms with Crippen molar-refractivity contribution in [2.24, 2.45) is 0 Å². The van der Waals surface area contributed by atoms with Gasteiger partial charge in [0.1, 0.15) is 17.2 Å². The van der Waals surface area contributed by atoms with E-state index >= 15 is 0 Å². The highest BCUT2D eigenvalue weighted by atomic mass is 32.2. The van der Waals surface area contributed by atoms with Crippen molar-refractivity contribution in [3.05, 3.63) is 77.9 Å². The maximum atomic E-state index is 12.8. The maximum Gasteiger partial charge on any atom is 0.262 e. The number of nitrogens with one attached hydrogen (secondary N) is 2. The van der Waals surface area contributed by atoms with Crippen LogP contribution in [0.25, 0.3) is 0 Å². The predicted molar refractivity (Wildman–Crippen MR) is 121 cm³/mol. The van der Waals surface area contributed by atoms with Gasteiger partial charge in [-0.3, -0.25) is 9.52 Å². The van der Waals surface area contributed by atoms with E-state index in [4.69, 9.17) is 14.2 Å². The normalized spacial score (nSPS) is 10.8. The number of para-hydroxylation sites is 2. The van der Waals surface area contributed by atoms with Gasteiger partial charge in [-0.1, -0.05) is 18.2 Å². The number of rotatable bonds is 9. The highest BCUT2D eigenvalue weighted by molar-refractivity contribution is 7.92. The van der Waals surface area contributed by atoms with Crippen LogP contribution in [0.5, 0.6) is 17.2 Å². The third kappa shape index (κ3) is 5.50. The summed E-state index contributed by atoms with van der Waals surface area (Å²) in [6.07, 6.45) is 0. The Balaban J connectivity index is 1.76. The van der Waals surface area contributed by atoms with Crippen molar-refractivity contribution in [3.8, 4) is 17.2 Å². The molecule has 0 atom stereocenters. The fourth-order valence-electron chi connectivity index (χ4n) is 2.99. The highest BCUT2D eigenvalue weighted by Crippen LogP contribution is 2.26. The van der Waals surface area contributed by atoms with Crippen LogP contribution in [-0.2, 0) is 16.6 Å². The molecule has 0 fully saturated rings. The Hall–Kier alpha value is -3.72. The quantitative estimate of drug-likeness (QED) is 0.511. The number of ether oxygens (including phenoxy) is 3. The molecule has 0 aromatic heterocycles. The van der Waals surface area contributed by atoms with Gasteiger partial charge in [0.05, 0.1) is 31.9 Å². The molecule has 3 rings (SSSR count). The Morgan fingerprint density at radius 1 is 0.844 bits per heavy atom. The average molecular weight is 457 g/mol. The van der Waals surface area contributed by atoms with Gasteiger partial charge in [0.15, 0.2) is 0 Å². The first-order valence-corrected chi connectivity index (χ1v) is 11.1. The van der Waals surface area contributed by atoms with Gasteiger partial charge in [-0.15, -0.1) is 0 Å². The van der Waals surface area contributed by atoms with Crippen molar-refractivity contribution < 1.29 is 27.4 Å². The number of anilines is 1. The standard InChI is InChI=1S/C23H24N2O6S/c1-29-18-11-16(12-19(14-18)30-2)15-24-23(26)17-7-6-8-20(13-17)32(27,28)25-21-9-4-5-10-22(21)31-3/h4-14,25H,15H2,1-3H3,(H,24,26). The van der Waals surface area contributed by atoms with Gasteiger partial charge in [-0.2, -0.15) is 0 Å². The summed E-state index contributed by atoms with van der Waals surface area (Å²) in [5.74, 6) is 1.17. The lowest BCUT2D eigenvalue weighted by atomic mass is 10.1. The fourth-order valence-corrected chi connectivity index (χ4v) is 4.11. The summed E-state index contributed by atoms with van der Waals surface area (Å²) in [7, 11) is 0.612. The number of methoxy groups -OCH3 is 3. The molecule has 0 radical (unpaired) electrons. The van der Waals surface area contributed by atoms with Crippen molar-refractivity contribution >= 4 is 21.6 Å². The highest BCUT2D eigenvalue weighted by Gasteiger charge is 2.18. The molecule has 0 bridgehead atoms. The third-order valence-corrected chi connectivity index (χ3v) is 5.99. The summed E-state index contributed by atoms with van der Waals surface area (Å²) in [5.41, 5.74) is 1.29. The van der Waals surface area contributed by atoms with E-state index in [9.17, 15) is 13.2 Å². The summed E-state index contributed by atoms with van der Waals surface area (Å²) in [6, 6.07) is 17.8. The molecule has 3 aromatic rings. The molecular weight excluding hydrogens is 432 g/mol. The van der Waals surface area contributed by atoms with Gasteiger partial charge in [0.2, 0.25) is 0 Å². The Morgan fingerprint density at radius 3 is 2.19 bits per heavy atom. The molecule has 9 heteroatoms. The van der Waals surface area contributed by atoms with Crippen molar-refractivity contribution in [2.45, 2.75) is 11.4 Å². The molecule has 0 saturated carbocycles. The molecule has 0 saturated heterocycles. The summed E-state index contributed by atoms with van der Waals surface area (Å²) in [5, 5.41) is 2.78. The molecule has 3 aromatic carbocycles. The molecule has 0 unspecified atom stereocenters. The zero-order valence-corrected chi connectivity index (χ0v) is 18.7. The van der Waals surface area contributed by atoms with E-state index in [-0.39, 0.29) is 17.0 Å². The Bertz CT molecular complexity index is 1190. The fraction of sp³-hybridized carbons (Fsp3) is 0.174. The number of benzene rings is 3. The molecule has 168 valence electrons. The number of carbonyl (C=O) groups excluding carboxylic acids is 1. The number of sulfonamides is 1. The van der Waals surface area contributed by atoms with Crippen LogP contribution < -0.4 is 24.2 Å². The van der Waals surface area contributed by atoms with E-state index in [1.54, 1.807) is 62.8 Å². The molecule has 8 nitrogen and oxygen atoms in total. The summed E-state index contributed by atoms with van der Waals surface area (Å²) >= 11 is 0. The minimum atomic E-state index is -3.93. The van der Waals surface area contributed by atoms with Gasteiger partial charge in [-0.25, -0.2) is 8.42 Å². The van der Waals surface area contributed by atoms with E-state index in [1.165, 1.54) is 25.3 Å². The molecular formula is C23H24N2O6S. The first-order valence-electron chi connectivity index (χ1n) is 9.62. The van der Waals surface area contributed by atoms with Crippen molar-refractivity contribution in [3.63, 3.8) is 0 Å². The summed E-state index contributed by atoms with van der Waals surface area (Å²) in [6.45, 7) is 0.211. The zero-order valence-electron chi connectivity index (χ0n) is 17.9. The lowest BCUT2D eigenvalue weighted by Gasteiger charge is -2.13. The van der Waals surface area contributed by atoms with Crippen LogP contribution in [-0.4, -0.2) is 35.7 Å². The summed E-state index contributed by atoms with van der Waals surface area (Å²) in [4.78, 5) is 12.6. The van der Waals surface area contributed by atoms with Crippen LogP contribution in [0.2, 0.25) is 0 Å². The van der Waals surface area contributed by atoms with Gasteiger partial charge >= 0.3 is 0 Å². The topological polar surface area (TPSA) is 103 Å². The second-order valence-electron chi connectivity index (χ2n) is 6.74. The zero-order chi connectivity index (χ0) is 23.1. The van der Waals surface area contributed by atoms with Crippen molar-refractivity contribution in [1.29, 1.82) is 0 Å². The molecule has 0 aliphatic heterocycles. The second kappa shape index (κ2) is 10.1. The number of carbonyl (C=O) groups is 1. The smallest absolute Gasteiger partial charge is 0.262 e. The predicted octanol–water partition coefficient (Wildman–Crippen LogP) is 3.44. The van der Waals surface area contributed by atoms with Crippen LogP contribution in [0.3, 0.4) is 0 Å². The molecule has 0 aliphatic carbocycles. The molecule has 0 heterocycles. The third-order valence-electron chi connectivity index (χ3n) is 4.62. The lowest BCUT2D eigenvalue weighted by molar-refractivity contribution is 0.0950. The molecule has 0 spiro atoms. The van der Waals surface area contributed by atoms with Gasteiger partial charge < -0.3 is 19.5 Å². The molecule has 2 N–H and O–H groups in total. The van der Waals surface area contributed by atoms with Crippen molar-refractivity contribution in [1.82, 2.24) is 5.32 Å². The van der Waals surface area contributed by atoms with Crippen LogP contribution in [0.1, 0.15) is 15.9 Å². The average Bonchev–Trinajstić information content (AvgIpc) is 2.82. The van der Waals surface area contributed by atoms with Crippen LogP contribution in [0.15, 0.2) is 71.6 Å². The van der Waals surface area contributed by atoms with E-state index in [2.05, 4.69) is 10.0 Å². The van der Waals surface area contributed by atoms with Crippen LogP contribution in [0.4, 0.5) is 5.69 Å². The molecule has 32 heavy (non-hydrogen) atoms. The largest absolute Gasteiger partial charge is 0.497 e. The number of amides is 1. The van der Waals surface area contributed by atoms with Gasteiger partial charge in [0, 0.05) is 18.2 Å². The van der Waals surface area contributed by atoms with E-state index in [0.29, 0.717) is 22.9 Å². The number of hydrogen-bond acceptors (Lipinski definition) is 6. The number of hydrogen-bond donors (Lipinski definition) is 2. The second-order valence-corrected chi connectivity index (χ2v) is 8.42. The Kier molecular flexibility index (Phi) is 7.21. The minimum Gasteiger partial charge on any atom is -0.497 e. The summed E-state index contributed by atoms with van der Waals surface area (Å²) < 4.78 is 43.8. The van der Waals surface area contributed by atoms with E-state index in [1.807, 2.05) is 0 Å². The maximum absolute atomic E-state index is 12.8. The van der Waals surface area contributed by atoms with E-state index < -0.39 is 15.9 Å². The molecule has 1 amide bonds. The Morgan fingerprint density at radius 2 is 1.53 bits per heavy atom. The first kappa shape index (κ1) is 23.0. The van der Waals surface area contributed by atoms with Crippen LogP contribution in [0, 0.1) is 0 Å². The van der Waals surface area contributed by atoms with Gasteiger partial charge in [-0.05, 0) is 48.0 Å². The van der Waals surface area contributed by atoms with E-state index in [0.717, 1.165) is 5.56 Å². The van der Waals surface area contributed by atoms with Gasteiger partial charge in [0.25, 0.3) is 15.9 Å². The lowest BCUT2D eigenvalue weighted by Crippen LogP contribution is -2.23. The van der Waals surface area contributed by atoms with Crippen LogP contribution >= 0.6 is 0 Å². The van der Waals surface area contributed by atoms with Crippen molar-refractivity contribution in [2.75, 3.05) is 26.1 Å². The molecule has 0 aliphatic rings. The SMILES string of the molecule is COc1cc(CNC(=O)c2cccc(S(=O)(=O)Nc3ccccc3OC)c2)cc(OC)c1. The Labute approximate surface area is 187 Å². The monoisotopic (exact) mass is 456 g/mol.